The van der Waals surface area contributed by atoms with Crippen LogP contribution in [0.4, 0.5) is 0 Å². The van der Waals surface area contributed by atoms with Gasteiger partial charge in [-0.2, -0.15) is 0 Å². The maximum Gasteiger partial charge on any atom is -0.0395 e. The molecule has 0 N–H and O–H groups in total. The fourth-order valence-corrected chi connectivity index (χ4v) is 1.10. The number of hydrogen-bond acceptors (Lipinski definition) is 0. The van der Waals surface area contributed by atoms with Gasteiger partial charge in [0.2, 0.25) is 0 Å². The molecule has 0 bridgehead atoms. The molecular formula is C10H15Br. The number of halogens is 1. The average Bonchev–Trinajstić information content (AvgIpc) is 1.84. The van der Waals surface area contributed by atoms with Crippen molar-refractivity contribution >= 4 is 17.0 Å². The van der Waals surface area contributed by atoms with E-state index in [9.17, 15) is 0 Å². The van der Waals surface area contributed by atoms with Crippen LogP contribution in [0.25, 0.3) is 0 Å². The van der Waals surface area contributed by atoms with Gasteiger partial charge in [-0.05, 0) is 49.9 Å². The summed E-state index contributed by atoms with van der Waals surface area (Å²) in [6.07, 6.45) is 0. The van der Waals surface area contributed by atoms with Gasteiger partial charge in [-0.15, -0.1) is 17.0 Å². The van der Waals surface area contributed by atoms with Crippen molar-refractivity contribution in [3.05, 3.63) is 34.4 Å². The lowest BCUT2D eigenvalue weighted by molar-refractivity contribution is 1.24. The summed E-state index contributed by atoms with van der Waals surface area (Å²) in [5, 5.41) is 0. The fourth-order valence-electron chi connectivity index (χ4n) is 1.10. The number of hydrogen-bond donors (Lipinski definition) is 0. The fraction of sp³-hybridized carbons (Fsp3) is 0.400. The zero-order chi connectivity index (χ0) is 7.72. The molecule has 0 nitrogen and oxygen atoms in total. The first-order chi connectivity index (χ1) is 4.61. The summed E-state index contributed by atoms with van der Waals surface area (Å²) in [4.78, 5) is 0. The molecule has 0 saturated carbocycles. The molecule has 1 rings (SSSR count). The second-order valence-corrected chi connectivity index (χ2v) is 3.02. The van der Waals surface area contributed by atoms with Gasteiger partial charge in [0, 0.05) is 0 Å². The second kappa shape index (κ2) is 3.91. The molecule has 0 aliphatic heterocycles. The quantitative estimate of drug-likeness (QED) is 0.621. The Morgan fingerprint density at radius 2 is 0.818 bits per heavy atom. The topological polar surface area (TPSA) is 0 Å². The van der Waals surface area contributed by atoms with Gasteiger partial charge in [0.1, 0.15) is 0 Å². The van der Waals surface area contributed by atoms with Crippen molar-refractivity contribution < 1.29 is 0 Å². The maximum absolute atomic E-state index is 2.24. The van der Waals surface area contributed by atoms with E-state index in [1.807, 2.05) is 0 Å². The Hall–Kier alpha value is -0.300. The van der Waals surface area contributed by atoms with Crippen molar-refractivity contribution in [1.29, 1.82) is 0 Å². The van der Waals surface area contributed by atoms with Crippen molar-refractivity contribution in [3.63, 3.8) is 0 Å². The molecule has 1 aromatic rings. The molecule has 0 aliphatic carbocycles. The average molecular weight is 215 g/mol. The van der Waals surface area contributed by atoms with E-state index in [1.54, 1.807) is 0 Å². The van der Waals surface area contributed by atoms with Crippen molar-refractivity contribution in [2.75, 3.05) is 0 Å². The molecule has 62 valence electrons. The lowest BCUT2D eigenvalue weighted by Crippen LogP contribution is -1.86. The highest BCUT2D eigenvalue weighted by Crippen LogP contribution is 2.13. The Labute approximate surface area is 79.4 Å². The highest BCUT2D eigenvalue weighted by Gasteiger charge is 1.95. The Balaban J connectivity index is 0.000001000. The largest absolute Gasteiger partial charge is 0.114 e. The third-order valence-corrected chi connectivity index (χ3v) is 2.11. The van der Waals surface area contributed by atoms with Crippen LogP contribution in [0.5, 0.6) is 0 Å². The summed E-state index contributed by atoms with van der Waals surface area (Å²) in [5.41, 5.74) is 5.57. The summed E-state index contributed by atoms with van der Waals surface area (Å²) < 4.78 is 0. The predicted octanol–water partition coefficient (Wildman–Crippen LogP) is 3.50. The monoisotopic (exact) mass is 214 g/mol. The van der Waals surface area contributed by atoms with Crippen LogP contribution in [0.15, 0.2) is 12.1 Å². The molecule has 0 aromatic heterocycles. The highest BCUT2D eigenvalue weighted by molar-refractivity contribution is 8.93. The van der Waals surface area contributed by atoms with Gasteiger partial charge in [-0.1, -0.05) is 12.1 Å². The normalized spacial score (nSPS) is 9.09. The van der Waals surface area contributed by atoms with E-state index in [0.717, 1.165) is 0 Å². The van der Waals surface area contributed by atoms with Crippen molar-refractivity contribution in [3.8, 4) is 0 Å². The molecule has 11 heavy (non-hydrogen) atoms. The SMILES string of the molecule is Br.Cc1cc(C)c(C)cc1C. The van der Waals surface area contributed by atoms with Gasteiger partial charge >= 0.3 is 0 Å². The molecular weight excluding hydrogens is 200 g/mol. The first kappa shape index (κ1) is 10.7. The van der Waals surface area contributed by atoms with Crippen LogP contribution in [0.1, 0.15) is 22.3 Å². The highest BCUT2D eigenvalue weighted by atomic mass is 79.9. The summed E-state index contributed by atoms with van der Waals surface area (Å²) in [5.74, 6) is 0. The molecule has 0 spiro atoms. The van der Waals surface area contributed by atoms with Gasteiger partial charge in [0.05, 0.1) is 0 Å². The molecule has 1 heteroatoms. The number of rotatable bonds is 0. The Kier molecular flexibility index (Phi) is 3.81. The van der Waals surface area contributed by atoms with Crippen LogP contribution in [-0.2, 0) is 0 Å². The minimum absolute atomic E-state index is 0. The van der Waals surface area contributed by atoms with Crippen LogP contribution in [-0.4, -0.2) is 0 Å². The van der Waals surface area contributed by atoms with Gasteiger partial charge in [-0.3, -0.25) is 0 Å². The second-order valence-electron chi connectivity index (χ2n) is 3.02. The van der Waals surface area contributed by atoms with E-state index in [1.165, 1.54) is 22.3 Å². The predicted molar refractivity (Wildman–Crippen MR) is 55.7 cm³/mol. The maximum atomic E-state index is 2.24. The smallest absolute Gasteiger partial charge is 0.0395 e. The Bertz CT molecular complexity index is 201. The van der Waals surface area contributed by atoms with Crippen LogP contribution < -0.4 is 0 Å². The minimum Gasteiger partial charge on any atom is -0.114 e. The van der Waals surface area contributed by atoms with E-state index in [0.29, 0.717) is 0 Å². The summed E-state index contributed by atoms with van der Waals surface area (Å²) in [6, 6.07) is 4.48. The first-order valence-corrected chi connectivity index (χ1v) is 3.65. The molecule has 0 atom stereocenters. The molecule has 0 fully saturated rings. The van der Waals surface area contributed by atoms with Crippen molar-refractivity contribution in [1.82, 2.24) is 0 Å². The summed E-state index contributed by atoms with van der Waals surface area (Å²) in [6.45, 7) is 8.62. The van der Waals surface area contributed by atoms with Crippen LogP contribution in [0.3, 0.4) is 0 Å². The van der Waals surface area contributed by atoms with E-state index in [-0.39, 0.29) is 17.0 Å². The molecule has 0 amide bonds. The minimum atomic E-state index is 0. The summed E-state index contributed by atoms with van der Waals surface area (Å²) >= 11 is 0. The zero-order valence-electron chi connectivity index (χ0n) is 7.56. The summed E-state index contributed by atoms with van der Waals surface area (Å²) in [7, 11) is 0. The van der Waals surface area contributed by atoms with Crippen LogP contribution >= 0.6 is 17.0 Å². The van der Waals surface area contributed by atoms with Gasteiger partial charge in [0.15, 0.2) is 0 Å². The van der Waals surface area contributed by atoms with Crippen molar-refractivity contribution in [2.24, 2.45) is 0 Å². The van der Waals surface area contributed by atoms with Gasteiger partial charge in [-0.25, -0.2) is 0 Å². The van der Waals surface area contributed by atoms with E-state index in [4.69, 9.17) is 0 Å². The molecule has 0 radical (unpaired) electrons. The first-order valence-electron chi connectivity index (χ1n) is 3.65. The molecule has 1 aromatic carbocycles. The van der Waals surface area contributed by atoms with Crippen molar-refractivity contribution in [2.45, 2.75) is 27.7 Å². The van der Waals surface area contributed by atoms with Crippen LogP contribution in [0, 0.1) is 27.7 Å². The van der Waals surface area contributed by atoms with Gasteiger partial charge < -0.3 is 0 Å². The lowest BCUT2D eigenvalue weighted by atomic mass is 10.0. The third-order valence-electron chi connectivity index (χ3n) is 2.11. The molecule has 0 saturated heterocycles. The Morgan fingerprint density at radius 1 is 0.636 bits per heavy atom. The van der Waals surface area contributed by atoms with E-state index in [2.05, 4.69) is 39.8 Å². The molecule has 0 heterocycles. The Morgan fingerprint density at radius 3 is 1.00 bits per heavy atom. The van der Waals surface area contributed by atoms with E-state index < -0.39 is 0 Å². The lowest BCUT2D eigenvalue weighted by Gasteiger charge is -2.04. The van der Waals surface area contributed by atoms with Crippen LogP contribution in [0.2, 0.25) is 0 Å². The third kappa shape index (κ3) is 2.33. The molecule has 0 unspecified atom stereocenters. The standard InChI is InChI=1S/C10H14.BrH/c1-7-5-9(3)10(4)6-8(7)2;/h5-6H,1-4H3;1H. The van der Waals surface area contributed by atoms with E-state index >= 15 is 0 Å². The zero-order valence-corrected chi connectivity index (χ0v) is 9.28. The molecule has 0 aliphatic rings. The van der Waals surface area contributed by atoms with Gasteiger partial charge in [0.25, 0.3) is 0 Å². The number of benzene rings is 1. The number of aryl methyl sites for hydroxylation is 4.